The number of carbonyl (C=O) groups excluding carboxylic acids is 1. The Balaban J connectivity index is 1.28. The second-order valence-corrected chi connectivity index (χ2v) is 11.2. The predicted octanol–water partition coefficient (Wildman–Crippen LogP) is 5.32. The molecule has 0 aliphatic carbocycles. The zero-order valence-corrected chi connectivity index (χ0v) is 20.9. The lowest BCUT2D eigenvalue weighted by Crippen LogP contribution is -2.27. The lowest BCUT2D eigenvalue weighted by molar-refractivity contribution is -0.121. The van der Waals surface area contributed by atoms with Gasteiger partial charge in [0.25, 0.3) is 0 Å². The summed E-state index contributed by atoms with van der Waals surface area (Å²) in [6, 6.07) is 17.2. The van der Waals surface area contributed by atoms with Crippen LogP contribution in [0.3, 0.4) is 0 Å². The van der Waals surface area contributed by atoms with Crippen LogP contribution in [-0.2, 0) is 27.6 Å². The van der Waals surface area contributed by atoms with Crippen LogP contribution in [0.25, 0.3) is 33.3 Å². The molecule has 1 atom stereocenters. The maximum absolute atomic E-state index is 13.8. The zero-order chi connectivity index (χ0) is 25.3. The molecule has 0 spiro atoms. The number of benzene rings is 2. The monoisotopic (exact) mass is 519 g/mol. The van der Waals surface area contributed by atoms with E-state index in [0.717, 1.165) is 33.3 Å². The first-order valence-corrected chi connectivity index (χ1v) is 13.8. The lowest BCUT2D eigenvalue weighted by atomic mass is 10.1. The van der Waals surface area contributed by atoms with Crippen molar-refractivity contribution in [1.29, 1.82) is 4.78 Å². The normalized spacial score (nSPS) is 12.9. The molecule has 36 heavy (non-hydrogen) atoms. The van der Waals surface area contributed by atoms with Crippen LogP contribution >= 0.6 is 11.5 Å². The summed E-state index contributed by atoms with van der Waals surface area (Å²) in [4.78, 5) is 17.8. The minimum absolute atomic E-state index is 0.0708. The first kappa shape index (κ1) is 23.8. The quantitative estimate of drug-likeness (QED) is 0.304. The Bertz CT molecular complexity index is 1640. The van der Waals surface area contributed by atoms with Crippen molar-refractivity contribution in [3.63, 3.8) is 0 Å². The van der Waals surface area contributed by atoms with E-state index in [1.54, 1.807) is 30.6 Å². The summed E-state index contributed by atoms with van der Waals surface area (Å²) in [5, 5.41) is 5.52. The van der Waals surface area contributed by atoms with Gasteiger partial charge in [-0.05, 0) is 59.6 Å². The largest absolute Gasteiger partial charge is 0.349 e. The van der Waals surface area contributed by atoms with Crippen molar-refractivity contribution in [2.45, 2.75) is 18.0 Å². The van der Waals surface area contributed by atoms with Gasteiger partial charge in [0.15, 0.2) is 0 Å². The molecule has 2 aromatic carbocycles. The number of amides is 1. The van der Waals surface area contributed by atoms with E-state index < -0.39 is 9.73 Å². The molecule has 0 fully saturated rings. The molecule has 10 heteroatoms. The zero-order valence-electron chi connectivity index (χ0n) is 19.3. The highest BCUT2D eigenvalue weighted by Gasteiger charge is 2.15. The Morgan fingerprint density at radius 1 is 1.06 bits per heavy atom. The second-order valence-electron chi connectivity index (χ2n) is 8.41. The van der Waals surface area contributed by atoms with Gasteiger partial charge in [0.1, 0.15) is 12.4 Å². The summed E-state index contributed by atoms with van der Waals surface area (Å²) in [5.74, 6) is -0.521. The van der Waals surface area contributed by atoms with Crippen LogP contribution in [0.1, 0.15) is 5.69 Å². The molecule has 1 unspecified atom stereocenters. The standard InChI is InChI=1S/C26H22FN5O2S2/c1-36(28,34)23-7-3-17(4-8-23)18-2-6-22(29-12-18)14-30-26(33)15-32-24-9-5-21(27)10-19(24)11-25(32)20-13-31-35-16-20/h2-13,16,28H,14-15H2,1H3,(H,30,33). The maximum atomic E-state index is 13.8. The van der Waals surface area contributed by atoms with E-state index in [9.17, 15) is 13.4 Å². The topological polar surface area (TPSA) is 101 Å². The van der Waals surface area contributed by atoms with Gasteiger partial charge in [-0.2, -0.15) is 0 Å². The number of carbonyl (C=O) groups is 1. The van der Waals surface area contributed by atoms with Crippen molar-refractivity contribution in [3.8, 4) is 22.4 Å². The number of nitrogens with zero attached hydrogens (tertiary/aromatic N) is 3. The Hall–Kier alpha value is -3.89. The van der Waals surface area contributed by atoms with Crippen molar-refractivity contribution < 1.29 is 13.4 Å². The van der Waals surface area contributed by atoms with Gasteiger partial charge in [0, 0.05) is 51.0 Å². The molecule has 3 heterocycles. The molecule has 0 radical (unpaired) electrons. The first-order chi connectivity index (χ1) is 17.3. The fourth-order valence-corrected chi connectivity index (χ4v) is 5.16. The molecule has 0 saturated carbocycles. The summed E-state index contributed by atoms with van der Waals surface area (Å²) < 4.78 is 39.3. The van der Waals surface area contributed by atoms with E-state index >= 15 is 0 Å². The first-order valence-electron chi connectivity index (χ1n) is 11.0. The van der Waals surface area contributed by atoms with E-state index in [1.165, 1.54) is 29.9 Å². The van der Waals surface area contributed by atoms with Crippen molar-refractivity contribution in [2.24, 2.45) is 0 Å². The highest BCUT2D eigenvalue weighted by Crippen LogP contribution is 2.29. The smallest absolute Gasteiger partial charge is 0.240 e. The van der Waals surface area contributed by atoms with Gasteiger partial charge in [0.05, 0.1) is 27.7 Å². The molecule has 3 aromatic heterocycles. The van der Waals surface area contributed by atoms with E-state index in [0.29, 0.717) is 10.6 Å². The molecule has 182 valence electrons. The SMILES string of the molecule is CS(=N)(=O)c1ccc(-c2ccc(CNC(=O)Cn3c(-c4cnsc4)cc4cc(F)ccc43)nc2)cc1. The van der Waals surface area contributed by atoms with Crippen LogP contribution in [-0.4, -0.2) is 30.3 Å². The van der Waals surface area contributed by atoms with E-state index in [4.69, 9.17) is 4.78 Å². The summed E-state index contributed by atoms with van der Waals surface area (Å²) in [6.07, 6.45) is 4.84. The third-order valence-electron chi connectivity index (χ3n) is 5.82. The van der Waals surface area contributed by atoms with E-state index in [1.807, 2.05) is 40.3 Å². The average molecular weight is 520 g/mol. The highest BCUT2D eigenvalue weighted by molar-refractivity contribution is 7.91. The van der Waals surface area contributed by atoms with Crippen LogP contribution in [0.2, 0.25) is 0 Å². The predicted molar refractivity (Wildman–Crippen MR) is 140 cm³/mol. The number of nitrogens with one attached hydrogen (secondary N) is 2. The Morgan fingerprint density at radius 3 is 2.50 bits per heavy atom. The van der Waals surface area contributed by atoms with Crippen molar-refractivity contribution in [2.75, 3.05) is 6.26 Å². The van der Waals surface area contributed by atoms with E-state index in [-0.39, 0.29) is 24.8 Å². The third-order valence-corrected chi connectivity index (χ3v) is 7.58. The van der Waals surface area contributed by atoms with Gasteiger partial charge in [0.2, 0.25) is 5.91 Å². The number of hydrogen-bond acceptors (Lipinski definition) is 6. The van der Waals surface area contributed by atoms with Gasteiger partial charge < -0.3 is 9.88 Å². The van der Waals surface area contributed by atoms with Crippen molar-refractivity contribution in [3.05, 3.63) is 89.9 Å². The fourth-order valence-electron chi connectivity index (χ4n) is 3.98. The molecule has 5 aromatic rings. The Morgan fingerprint density at radius 2 is 1.83 bits per heavy atom. The maximum Gasteiger partial charge on any atom is 0.240 e. The molecule has 7 nitrogen and oxygen atoms in total. The molecule has 0 bridgehead atoms. The van der Waals surface area contributed by atoms with Crippen molar-refractivity contribution in [1.82, 2.24) is 19.2 Å². The number of halogens is 1. The summed E-state index contributed by atoms with van der Waals surface area (Å²) in [7, 11) is -2.75. The van der Waals surface area contributed by atoms with Crippen LogP contribution in [0.15, 0.2) is 83.3 Å². The molecule has 0 saturated heterocycles. The summed E-state index contributed by atoms with van der Waals surface area (Å²) >= 11 is 1.32. The number of hydrogen-bond donors (Lipinski definition) is 2. The molecule has 5 rings (SSSR count). The Kier molecular flexibility index (Phi) is 6.38. The third kappa shape index (κ3) is 5.05. The fraction of sp³-hybridized carbons (Fsp3) is 0.115. The number of fused-ring (bicyclic) bond motifs is 1. The van der Waals surface area contributed by atoms with E-state index in [2.05, 4.69) is 14.7 Å². The van der Waals surface area contributed by atoms with Gasteiger partial charge in [-0.15, -0.1) is 0 Å². The molecular weight excluding hydrogens is 497 g/mol. The summed E-state index contributed by atoms with van der Waals surface area (Å²) in [6.45, 7) is 0.333. The molecule has 2 N–H and O–H groups in total. The van der Waals surface area contributed by atoms with Crippen LogP contribution in [0, 0.1) is 10.6 Å². The van der Waals surface area contributed by atoms with Gasteiger partial charge in [-0.3, -0.25) is 9.78 Å². The minimum Gasteiger partial charge on any atom is -0.349 e. The number of rotatable bonds is 7. The second kappa shape index (κ2) is 9.63. The van der Waals surface area contributed by atoms with Gasteiger partial charge in [-0.1, -0.05) is 18.2 Å². The average Bonchev–Trinajstić information content (AvgIpc) is 3.51. The Labute approximate surface area is 211 Å². The van der Waals surface area contributed by atoms with Gasteiger partial charge >= 0.3 is 0 Å². The lowest BCUT2D eigenvalue weighted by Gasteiger charge is -2.11. The minimum atomic E-state index is -2.75. The highest BCUT2D eigenvalue weighted by atomic mass is 32.2. The summed E-state index contributed by atoms with van der Waals surface area (Å²) in [5.41, 5.74) is 4.93. The molecular formula is C26H22FN5O2S2. The van der Waals surface area contributed by atoms with Crippen LogP contribution < -0.4 is 5.32 Å². The number of aromatic nitrogens is 3. The molecule has 0 aliphatic heterocycles. The van der Waals surface area contributed by atoms with Gasteiger partial charge in [-0.25, -0.2) is 17.8 Å². The molecule has 0 aliphatic rings. The van der Waals surface area contributed by atoms with Crippen molar-refractivity contribution >= 4 is 38.1 Å². The molecule has 1 amide bonds. The van der Waals surface area contributed by atoms with Crippen LogP contribution in [0.5, 0.6) is 0 Å². The number of pyridine rings is 1. The van der Waals surface area contributed by atoms with Crippen LogP contribution in [0.4, 0.5) is 4.39 Å².